The van der Waals surface area contributed by atoms with Crippen LogP contribution in [-0.2, 0) is 16.0 Å². The molecule has 0 heterocycles. The molecule has 98 valence electrons. The molecule has 1 aromatic carbocycles. The number of carbonyl (C=O) groups excluding carboxylic acids is 2. The highest BCUT2D eigenvalue weighted by Crippen LogP contribution is 2.13. The number of carbonyl (C=O) groups is 2. The van der Waals surface area contributed by atoms with E-state index in [1.807, 2.05) is 13.8 Å². The van der Waals surface area contributed by atoms with E-state index in [0.717, 1.165) is 5.56 Å². The molecule has 0 saturated heterocycles. The Morgan fingerprint density at radius 2 is 1.94 bits per heavy atom. The highest BCUT2D eigenvalue weighted by atomic mass is 19.1. The molecule has 0 aliphatic carbocycles. The third kappa shape index (κ3) is 4.95. The van der Waals surface area contributed by atoms with Crippen molar-refractivity contribution in [3.05, 3.63) is 35.6 Å². The van der Waals surface area contributed by atoms with Gasteiger partial charge >= 0.3 is 0 Å². The van der Waals surface area contributed by atoms with Crippen molar-refractivity contribution in [2.75, 3.05) is 6.54 Å². The number of rotatable bonds is 6. The molecule has 0 atom stereocenters. The van der Waals surface area contributed by atoms with Crippen LogP contribution in [0.3, 0.4) is 0 Å². The van der Waals surface area contributed by atoms with Crippen LogP contribution in [0.5, 0.6) is 0 Å². The van der Waals surface area contributed by atoms with Crippen LogP contribution in [0.2, 0.25) is 0 Å². The van der Waals surface area contributed by atoms with Crippen LogP contribution in [0.25, 0.3) is 0 Å². The normalized spacial score (nSPS) is 10.8. The fraction of sp³-hybridized carbons (Fsp3) is 0.385. The molecule has 2 amide bonds. The Morgan fingerprint density at radius 3 is 2.50 bits per heavy atom. The molecule has 18 heavy (non-hydrogen) atoms. The first kappa shape index (κ1) is 14.2. The summed E-state index contributed by atoms with van der Waals surface area (Å²) < 4.78 is 12.8. The summed E-state index contributed by atoms with van der Waals surface area (Å²) in [4.78, 5) is 21.5. The van der Waals surface area contributed by atoms with E-state index in [2.05, 4.69) is 10.6 Å². The van der Waals surface area contributed by atoms with Gasteiger partial charge in [-0.15, -0.1) is 0 Å². The maximum absolute atomic E-state index is 12.8. The van der Waals surface area contributed by atoms with E-state index in [1.54, 1.807) is 12.1 Å². The smallest absolute Gasteiger partial charge is 0.239 e. The zero-order valence-corrected chi connectivity index (χ0v) is 10.5. The zero-order chi connectivity index (χ0) is 13.6. The number of hydrogen-bond donors (Lipinski definition) is 2. The van der Waals surface area contributed by atoms with Crippen molar-refractivity contribution in [1.29, 1.82) is 0 Å². The third-order valence-electron chi connectivity index (χ3n) is 2.38. The molecule has 2 N–H and O–H groups in total. The van der Waals surface area contributed by atoms with Crippen LogP contribution in [0.4, 0.5) is 4.39 Å². The van der Waals surface area contributed by atoms with E-state index in [-0.39, 0.29) is 18.3 Å². The summed E-state index contributed by atoms with van der Waals surface area (Å²) in [5.74, 6) is -0.537. The van der Waals surface area contributed by atoms with Gasteiger partial charge in [0.1, 0.15) is 5.82 Å². The van der Waals surface area contributed by atoms with Gasteiger partial charge in [0.25, 0.3) is 0 Å². The molecule has 4 nitrogen and oxygen atoms in total. The Kier molecular flexibility index (Phi) is 4.83. The summed E-state index contributed by atoms with van der Waals surface area (Å²) in [5.41, 5.74) is 0.476. The van der Waals surface area contributed by atoms with Crippen LogP contribution >= 0.6 is 0 Å². The second-order valence-corrected chi connectivity index (χ2v) is 4.73. The van der Waals surface area contributed by atoms with Gasteiger partial charge in [0, 0.05) is 5.54 Å². The van der Waals surface area contributed by atoms with E-state index in [0.29, 0.717) is 12.8 Å². The third-order valence-corrected chi connectivity index (χ3v) is 2.38. The number of halogens is 1. The van der Waals surface area contributed by atoms with Gasteiger partial charge in [0.2, 0.25) is 12.3 Å². The SMILES string of the molecule is CC(C)(Cc1ccc(F)cc1)NC(=O)CNC=O. The lowest BCUT2D eigenvalue weighted by Gasteiger charge is -2.26. The van der Waals surface area contributed by atoms with Crippen molar-refractivity contribution < 1.29 is 14.0 Å². The molecule has 0 fully saturated rings. The van der Waals surface area contributed by atoms with Crippen molar-refractivity contribution in [2.45, 2.75) is 25.8 Å². The monoisotopic (exact) mass is 252 g/mol. The summed E-state index contributed by atoms with van der Waals surface area (Å²) in [6, 6.07) is 6.15. The van der Waals surface area contributed by atoms with Crippen LogP contribution in [0, 0.1) is 5.82 Å². The number of benzene rings is 1. The van der Waals surface area contributed by atoms with Crippen molar-refractivity contribution in [1.82, 2.24) is 10.6 Å². The molecule has 0 aromatic heterocycles. The molecule has 0 saturated carbocycles. The summed E-state index contributed by atoms with van der Waals surface area (Å²) in [5, 5.41) is 5.10. The topological polar surface area (TPSA) is 58.2 Å². The lowest BCUT2D eigenvalue weighted by atomic mass is 9.95. The molecule has 1 rings (SSSR count). The van der Waals surface area contributed by atoms with Gasteiger partial charge in [-0.2, -0.15) is 0 Å². The number of nitrogens with one attached hydrogen (secondary N) is 2. The lowest BCUT2D eigenvalue weighted by Crippen LogP contribution is -2.48. The van der Waals surface area contributed by atoms with Gasteiger partial charge in [-0.1, -0.05) is 12.1 Å². The van der Waals surface area contributed by atoms with Gasteiger partial charge in [-0.25, -0.2) is 4.39 Å². The minimum atomic E-state index is -0.459. The van der Waals surface area contributed by atoms with E-state index >= 15 is 0 Å². The second-order valence-electron chi connectivity index (χ2n) is 4.73. The summed E-state index contributed by atoms with van der Waals surface area (Å²) >= 11 is 0. The number of amides is 2. The molecule has 0 radical (unpaired) electrons. The van der Waals surface area contributed by atoms with Crippen molar-refractivity contribution in [3.8, 4) is 0 Å². The zero-order valence-electron chi connectivity index (χ0n) is 10.5. The van der Waals surface area contributed by atoms with E-state index < -0.39 is 5.54 Å². The first-order valence-electron chi connectivity index (χ1n) is 5.65. The van der Waals surface area contributed by atoms with Gasteiger partial charge < -0.3 is 10.6 Å². The first-order valence-corrected chi connectivity index (χ1v) is 5.65. The number of hydrogen-bond acceptors (Lipinski definition) is 2. The Morgan fingerprint density at radius 1 is 1.33 bits per heavy atom. The van der Waals surface area contributed by atoms with Crippen LogP contribution in [-0.4, -0.2) is 24.4 Å². The van der Waals surface area contributed by atoms with E-state index in [4.69, 9.17) is 0 Å². The molecule has 1 aromatic rings. The quantitative estimate of drug-likeness (QED) is 0.742. The predicted molar refractivity (Wildman–Crippen MR) is 66.4 cm³/mol. The Balaban J connectivity index is 2.55. The molecule has 0 bridgehead atoms. The lowest BCUT2D eigenvalue weighted by molar-refractivity contribution is -0.123. The molecule has 0 aliphatic heterocycles. The fourth-order valence-corrected chi connectivity index (χ4v) is 1.71. The van der Waals surface area contributed by atoms with Gasteiger partial charge in [0.05, 0.1) is 6.54 Å². The summed E-state index contributed by atoms with van der Waals surface area (Å²) in [6.45, 7) is 3.70. The highest BCUT2D eigenvalue weighted by Gasteiger charge is 2.20. The van der Waals surface area contributed by atoms with Gasteiger partial charge in [0.15, 0.2) is 0 Å². The van der Waals surface area contributed by atoms with Gasteiger partial charge in [-0.3, -0.25) is 9.59 Å². The molecule has 0 unspecified atom stereocenters. The minimum absolute atomic E-state index is 0.0453. The summed E-state index contributed by atoms with van der Waals surface area (Å²) in [7, 11) is 0. The minimum Gasteiger partial charge on any atom is -0.350 e. The molecular formula is C13H17FN2O2. The van der Waals surface area contributed by atoms with Crippen LogP contribution in [0.15, 0.2) is 24.3 Å². The van der Waals surface area contributed by atoms with E-state index in [9.17, 15) is 14.0 Å². The van der Waals surface area contributed by atoms with Crippen LogP contribution < -0.4 is 10.6 Å². The van der Waals surface area contributed by atoms with Crippen molar-refractivity contribution >= 4 is 12.3 Å². The Hall–Kier alpha value is -1.91. The fourth-order valence-electron chi connectivity index (χ4n) is 1.71. The molecule has 5 heteroatoms. The maximum atomic E-state index is 12.8. The first-order chi connectivity index (χ1) is 8.43. The maximum Gasteiger partial charge on any atom is 0.239 e. The van der Waals surface area contributed by atoms with Gasteiger partial charge in [-0.05, 0) is 38.0 Å². The molecule has 0 spiro atoms. The van der Waals surface area contributed by atoms with Crippen LogP contribution in [0.1, 0.15) is 19.4 Å². The van der Waals surface area contributed by atoms with E-state index in [1.165, 1.54) is 12.1 Å². The average Bonchev–Trinajstić information content (AvgIpc) is 2.28. The largest absolute Gasteiger partial charge is 0.350 e. The van der Waals surface area contributed by atoms with Crippen molar-refractivity contribution in [2.24, 2.45) is 0 Å². The predicted octanol–water partition coefficient (Wildman–Crippen LogP) is 1.01. The highest BCUT2D eigenvalue weighted by molar-refractivity contribution is 5.80. The molecular weight excluding hydrogens is 235 g/mol. The summed E-state index contributed by atoms with van der Waals surface area (Å²) in [6.07, 6.45) is 1.06. The average molecular weight is 252 g/mol. The second kappa shape index (κ2) is 6.14. The Labute approximate surface area is 106 Å². The standard InChI is InChI=1S/C13H17FN2O2/c1-13(2,16-12(18)8-15-9-17)7-10-3-5-11(14)6-4-10/h3-6,9H,7-8H2,1-2H3,(H,15,17)(H,16,18). The van der Waals surface area contributed by atoms with Crippen molar-refractivity contribution in [3.63, 3.8) is 0 Å². The Bertz CT molecular complexity index is 416. The molecule has 0 aliphatic rings.